The van der Waals surface area contributed by atoms with Crippen molar-refractivity contribution in [1.82, 2.24) is 15.1 Å². The van der Waals surface area contributed by atoms with Crippen molar-refractivity contribution in [3.63, 3.8) is 0 Å². The van der Waals surface area contributed by atoms with Crippen LogP contribution in [0.25, 0.3) is 17.3 Å². The number of amides is 1. The van der Waals surface area contributed by atoms with E-state index in [1.807, 2.05) is 32.1 Å². The average Bonchev–Trinajstić information content (AvgIpc) is 3.18. The van der Waals surface area contributed by atoms with E-state index in [1.54, 1.807) is 19.1 Å². The van der Waals surface area contributed by atoms with Gasteiger partial charge in [0.1, 0.15) is 11.5 Å². The van der Waals surface area contributed by atoms with E-state index in [9.17, 15) is 13.6 Å². The third-order valence-electron chi connectivity index (χ3n) is 6.82. The highest BCUT2D eigenvalue weighted by Crippen LogP contribution is 2.30. The van der Waals surface area contributed by atoms with Crippen LogP contribution in [0.5, 0.6) is 0 Å². The Hall–Kier alpha value is -2.99. The third-order valence-corrected chi connectivity index (χ3v) is 7.07. The second kappa shape index (κ2) is 10.7. The summed E-state index contributed by atoms with van der Waals surface area (Å²) in [6, 6.07) is 10.7. The summed E-state index contributed by atoms with van der Waals surface area (Å²) >= 11 is 6.01. The van der Waals surface area contributed by atoms with E-state index >= 15 is 0 Å². The van der Waals surface area contributed by atoms with Crippen LogP contribution in [0.1, 0.15) is 73.3 Å². The fourth-order valence-electron chi connectivity index (χ4n) is 4.91. The number of halogens is 3. The zero-order chi connectivity index (χ0) is 25.1. The molecule has 1 aliphatic rings. The van der Waals surface area contributed by atoms with Gasteiger partial charge in [0, 0.05) is 22.7 Å². The molecule has 0 radical (unpaired) electrons. The minimum absolute atomic E-state index is 0.0177. The summed E-state index contributed by atoms with van der Waals surface area (Å²) in [6.07, 6.45) is 7.73. The number of hydrogen-bond donors (Lipinski definition) is 1. The maximum atomic E-state index is 14.8. The monoisotopic (exact) mass is 497 g/mol. The van der Waals surface area contributed by atoms with Gasteiger partial charge in [0.25, 0.3) is 5.91 Å². The Labute approximate surface area is 210 Å². The second-order valence-electron chi connectivity index (χ2n) is 9.37. The molecule has 1 heterocycles. The minimum Gasteiger partial charge on any atom is -0.348 e. The number of carbonyl (C=O) groups is 1. The van der Waals surface area contributed by atoms with Crippen molar-refractivity contribution >= 4 is 29.2 Å². The van der Waals surface area contributed by atoms with Gasteiger partial charge in [-0.15, -0.1) is 0 Å². The number of allylic oxidation sites excluding steroid dienone is 1. The maximum absolute atomic E-state index is 14.8. The normalized spacial score (nSPS) is 15.8. The van der Waals surface area contributed by atoms with Crippen LogP contribution in [0.4, 0.5) is 8.78 Å². The van der Waals surface area contributed by atoms with Gasteiger partial charge in [-0.05, 0) is 81.0 Å². The van der Waals surface area contributed by atoms with Crippen LogP contribution in [-0.4, -0.2) is 21.7 Å². The number of benzene rings is 2. The van der Waals surface area contributed by atoms with E-state index in [0.29, 0.717) is 22.2 Å². The molecule has 2 aromatic carbocycles. The molecule has 184 valence electrons. The van der Waals surface area contributed by atoms with Gasteiger partial charge in [0.05, 0.1) is 5.69 Å². The lowest BCUT2D eigenvalue weighted by molar-refractivity contribution is 0.0913. The van der Waals surface area contributed by atoms with Gasteiger partial charge in [-0.1, -0.05) is 43.0 Å². The summed E-state index contributed by atoms with van der Waals surface area (Å²) in [5.74, 6) is -1.28. The van der Waals surface area contributed by atoms with Crippen LogP contribution in [0, 0.1) is 24.5 Å². The lowest BCUT2D eigenvalue weighted by Gasteiger charge is -2.28. The topological polar surface area (TPSA) is 46.9 Å². The number of rotatable bonds is 6. The number of nitrogens with zero attached hydrogens (tertiary/aromatic N) is 2. The molecule has 0 aliphatic heterocycles. The lowest BCUT2D eigenvalue weighted by atomic mass is 9.84. The van der Waals surface area contributed by atoms with Crippen molar-refractivity contribution in [3.8, 4) is 5.69 Å². The predicted octanol–water partition coefficient (Wildman–Crippen LogP) is 7.37. The summed E-state index contributed by atoms with van der Waals surface area (Å²) < 4.78 is 29.8. The summed E-state index contributed by atoms with van der Waals surface area (Å²) in [5.41, 5.74) is 3.20. The molecule has 7 heteroatoms. The molecule has 1 N–H and O–H groups in total. The van der Waals surface area contributed by atoms with E-state index in [-0.39, 0.29) is 23.3 Å². The maximum Gasteiger partial charge on any atom is 0.272 e. The van der Waals surface area contributed by atoms with Gasteiger partial charge in [0.2, 0.25) is 0 Å². The molecule has 0 bridgehead atoms. The first-order valence-corrected chi connectivity index (χ1v) is 12.4. The summed E-state index contributed by atoms with van der Waals surface area (Å²) in [5, 5.41) is 8.27. The SMILES string of the molecule is C/C(=C\c1ccc(Cl)cc1)c1c(C)c(C(=O)N[C@@H](C)C2CCCCC2)nn1-c1ccc(F)cc1F. The molecule has 0 unspecified atom stereocenters. The van der Waals surface area contributed by atoms with Crippen molar-refractivity contribution in [2.75, 3.05) is 0 Å². The molecule has 1 aliphatic carbocycles. The van der Waals surface area contributed by atoms with Crippen LogP contribution in [0.15, 0.2) is 42.5 Å². The van der Waals surface area contributed by atoms with E-state index in [0.717, 1.165) is 30.0 Å². The van der Waals surface area contributed by atoms with Crippen molar-refractivity contribution in [2.45, 2.75) is 58.9 Å². The van der Waals surface area contributed by atoms with Crippen LogP contribution >= 0.6 is 11.6 Å². The molecule has 1 fully saturated rings. The number of nitrogens with one attached hydrogen (secondary N) is 1. The molecular formula is C28H30ClF2N3O. The van der Waals surface area contributed by atoms with Gasteiger partial charge >= 0.3 is 0 Å². The highest BCUT2D eigenvalue weighted by atomic mass is 35.5. The number of aromatic nitrogens is 2. The average molecular weight is 498 g/mol. The smallest absolute Gasteiger partial charge is 0.272 e. The van der Waals surface area contributed by atoms with Gasteiger partial charge in [-0.2, -0.15) is 5.10 Å². The molecule has 4 nitrogen and oxygen atoms in total. The zero-order valence-corrected chi connectivity index (χ0v) is 21.0. The van der Waals surface area contributed by atoms with Gasteiger partial charge in [-0.25, -0.2) is 13.5 Å². The lowest BCUT2D eigenvalue weighted by Crippen LogP contribution is -2.39. The van der Waals surface area contributed by atoms with E-state index in [4.69, 9.17) is 11.6 Å². The predicted molar refractivity (Wildman–Crippen MR) is 137 cm³/mol. The Bertz CT molecular complexity index is 1240. The molecule has 1 amide bonds. The van der Waals surface area contributed by atoms with Crippen LogP contribution in [-0.2, 0) is 0 Å². The van der Waals surface area contributed by atoms with Crippen molar-refractivity contribution in [3.05, 3.63) is 81.6 Å². The van der Waals surface area contributed by atoms with E-state index in [1.165, 1.54) is 36.1 Å². The Morgan fingerprint density at radius 2 is 1.83 bits per heavy atom. The standard InChI is InChI=1S/C28H30ClF2N3O/c1-17(15-20-9-11-22(29)12-10-20)27-18(2)26(28(35)32-19(3)21-7-5-4-6-8-21)33-34(27)25-14-13-23(30)16-24(25)31/h9-16,19,21H,4-8H2,1-3H3,(H,32,35)/b17-15+/t19-/m0/s1. The fourth-order valence-corrected chi connectivity index (χ4v) is 5.03. The van der Waals surface area contributed by atoms with Crippen molar-refractivity contribution < 1.29 is 13.6 Å². The molecule has 0 saturated heterocycles. The minimum atomic E-state index is -0.754. The largest absolute Gasteiger partial charge is 0.348 e. The highest BCUT2D eigenvalue weighted by Gasteiger charge is 2.27. The molecule has 1 atom stereocenters. The molecule has 3 aromatic rings. The Balaban J connectivity index is 1.75. The van der Waals surface area contributed by atoms with Crippen LogP contribution < -0.4 is 5.32 Å². The second-order valence-corrected chi connectivity index (χ2v) is 9.81. The van der Waals surface area contributed by atoms with Crippen LogP contribution in [0.3, 0.4) is 0 Å². The fraction of sp³-hybridized carbons (Fsp3) is 0.357. The highest BCUT2D eigenvalue weighted by molar-refractivity contribution is 6.30. The van der Waals surface area contributed by atoms with Gasteiger partial charge < -0.3 is 5.32 Å². The zero-order valence-electron chi connectivity index (χ0n) is 20.2. The Morgan fingerprint density at radius 3 is 2.49 bits per heavy atom. The van der Waals surface area contributed by atoms with Crippen molar-refractivity contribution in [1.29, 1.82) is 0 Å². The molecular weight excluding hydrogens is 468 g/mol. The summed E-state index contributed by atoms with van der Waals surface area (Å²) in [4.78, 5) is 13.3. The van der Waals surface area contributed by atoms with E-state index < -0.39 is 11.6 Å². The first-order valence-electron chi connectivity index (χ1n) is 12.0. The molecule has 1 aromatic heterocycles. The molecule has 35 heavy (non-hydrogen) atoms. The summed E-state index contributed by atoms with van der Waals surface area (Å²) in [6.45, 7) is 5.72. The molecule has 4 rings (SSSR count). The summed E-state index contributed by atoms with van der Waals surface area (Å²) in [7, 11) is 0. The quantitative estimate of drug-likeness (QED) is 0.386. The van der Waals surface area contributed by atoms with Crippen LogP contribution in [0.2, 0.25) is 5.02 Å². The Kier molecular flexibility index (Phi) is 7.70. The van der Waals surface area contributed by atoms with E-state index in [2.05, 4.69) is 10.4 Å². The third kappa shape index (κ3) is 5.64. The number of carbonyl (C=O) groups excluding carboxylic acids is 1. The van der Waals surface area contributed by atoms with Gasteiger partial charge in [-0.3, -0.25) is 4.79 Å². The molecule has 0 spiro atoms. The van der Waals surface area contributed by atoms with Gasteiger partial charge in [0.15, 0.2) is 11.5 Å². The van der Waals surface area contributed by atoms with Crippen molar-refractivity contribution in [2.24, 2.45) is 5.92 Å². The first-order chi connectivity index (χ1) is 16.7. The first kappa shape index (κ1) is 25.1. The number of hydrogen-bond acceptors (Lipinski definition) is 2. The molecule has 1 saturated carbocycles. The Morgan fingerprint density at radius 1 is 1.14 bits per heavy atom.